The molecule has 1 heterocycles. The van der Waals surface area contributed by atoms with Gasteiger partial charge in [-0.1, -0.05) is 0 Å². The first-order valence-electron chi connectivity index (χ1n) is 3.70. The van der Waals surface area contributed by atoms with E-state index >= 15 is 0 Å². The molecule has 1 aromatic rings. The number of hydrogen-bond acceptors (Lipinski definition) is 3. The molecule has 5 heteroatoms. The molecule has 5 nitrogen and oxygen atoms in total. The summed E-state index contributed by atoms with van der Waals surface area (Å²) < 4.78 is 0. The van der Waals surface area contributed by atoms with E-state index in [9.17, 15) is 4.79 Å². The summed E-state index contributed by atoms with van der Waals surface area (Å²) in [5, 5.41) is 18.1. The van der Waals surface area contributed by atoms with Gasteiger partial charge in [-0.25, -0.2) is 4.79 Å². The SMILES string of the molecule is N#Cc1cc2c(cc1C#N)=NC(=O)N=2. The minimum absolute atomic E-state index is 0.208. The zero-order valence-corrected chi connectivity index (χ0v) is 6.85. The monoisotopic (exact) mass is 182 g/mol. The van der Waals surface area contributed by atoms with Crippen LogP contribution in [0.3, 0.4) is 0 Å². The second-order valence-electron chi connectivity index (χ2n) is 2.62. The van der Waals surface area contributed by atoms with Crippen LogP contribution < -0.4 is 10.7 Å². The van der Waals surface area contributed by atoms with Crippen molar-refractivity contribution in [2.75, 3.05) is 0 Å². The van der Waals surface area contributed by atoms with E-state index in [0.717, 1.165) is 0 Å². The highest BCUT2D eigenvalue weighted by atomic mass is 16.2. The second kappa shape index (κ2) is 2.75. The number of carbonyl (C=O) groups is 1. The van der Waals surface area contributed by atoms with E-state index in [-0.39, 0.29) is 11.1 Å². The first kappa shape index (κ1) is 8.09. The maximum atomic E-state index is 10.8. The van der Waals surface area contributed by atoms with Gasteiger partial charge in [0.1, 0.15) is 12.1 Å². The summed E-state index contributed by atoms with van der Waals surface area (Å²) in [7, 11) is 0. The Morgan fingerprint density at radius 2 is 1.43 bits per heavy atom. The van der Waals surface area contributed by atoms with E-state index in [1.54, 1.807) is 0 Å². The van der Waals surface area contributed by atoms with Crippen LogP contribution in [0.2, 0.25) is 0 Å². The topological polar surface area (TPSA) is 89.4 Å². The molecule has 2 amide bonds. The fourth-order valence-corrected chi connectivity index (χ4v) is 1.17. The highest BCUT2D eigenvalue weighted by Gasteiger charge is 2.09. The van der Waals surface area contributed by atoms with Gasteiger partial charge in [0.25, 0.3) is 0 Å². The fraction of sp³-hybridized carbons (Fsp3) is 0. The van der Waals surface area contributed by atoms with Crippen LogP contribution in [0.1, 0.15) is 11.1 Å². The number of amides is 2. The number of rotatable bonds is 0. The van der Waals surface area contributed by atoms with Gasteiger partial charge in [0.05, 0.1) is 21.8 Å². The molecule has 0 saturated heterocycles. The molecule has 1 aromatic carbocycles. The third kappa shape index (κ3) is 1.05. The number of urea groups is 1. The molecule has 0 aromatic heterocycles. The second-order valence-corrected chi connectivity index (χ2v) is 2.62. The van der Waals surface area contributed by atoms with Gasteiger partial charge in [0.2, 0.25) is 0 Å². The molecular weight excluding hydrogens is 180 g/mol. The normalized spacial score (nSPS) is 12.0. The van der Waals surface area contributed by atoms with Crippen molar-refractivity contribution in [3.8, 4) is 12.1 Å². The molecule has 1 aliphatic heterocycles. The minimum Gasteiger partial charge on any atom is -0.244 e. The number of benzene rings is 1. The van der Waals surface area contributed by atoms with Crippen molar-refractivity contribution in [2.45, 2.75) is 0 Å². The van der Waals surface area contributed by atoms with Crippen LogP contribution in [-0.2, 0) is 0 Å². The maximum absolute atomic E-state index is 10.8. The van der Waals surface area contributed by atoms with E-state index in [0.29, 0.717) is 10.7 Å². The predicted octanol–water partition coefficient (Wildman–Crippen LogP) is -0.197. The minimum atomic E-state index is -0.598. The molecule has 64 valence electrons. The maximum Gasteiger partial charge on any atom is 0.368 e. The van der Waals surface area contributed by atoms with Gasteiger partial charge in [-0.3, -0.25) is 0 Å². The fourth-order valence-electron chi connectivity index (χ4n) is 1.17. The van der Waals surface area contributed by atoms with Gasteiger partial charge in [-0.15, -0.1) is 0 Å². The van der Waals surface area contributed by atoms with Crippen molar-refractivity contribution in [3.63, 3.8) is 0 Å². The van der Waals surface area contributed by atoms with Gasteiger partial charge >= 0.3 is 6.03 Å². The van der Waals surface area contributed by atoms with Crippen molar-refractivity contribution >= 4 is 6.03 Å². The van der Waals surface area contributed by atoms with E-state index < -0.39 is 6.03 Å². The van der Waals surface area contributed by atoms with Crippen molar-refractivity contribution in [1.82, 2.24) is 0 Å². The van der Waals surface area contributed by atoms with Crippen molar-refractivity contribution in [2.24, 2.45) is 9.98 Å². The van der Waals surface area contributed by atoms with Gasteiger partial charge < -0.3 is 0 Å². The quantitative estimate of drug-likeness (QED) is 0.556. The van der Waals surface area contributed by atoms with Crippen LogP contribution in [0.25, 0.3) is 0 Å². The molecule has 0 atom stereocenters. The van der Waals surface area contributed by atoms with Crippen LogP contribution in [0.4, 0.5) is 4.79 Å². The molecule has 0 aliphatic carbocycles. The third-order valence-electron chi connectivity index (χ3n) is 1.79. The molecule has 0 N–H and O–H groups in total. The number of nitrogens with zero attached hydrogens (tertiary/aromatic N) is 4. The van der Waals surface area contributed by atoms with Gasteiger partial charge in [0, 0.05) is 0 Å². The highest BCUT2D eigenvalue weighted by Crippen LogP contribution is 2.00. The number of hydrogen-bond donors (Lipinski definition) is 0. The smallest absolute Gasteiger partial charge is 0.244 e. The average Bonchev–Trinajstić information content (AvgIpc) is 2.54. The van der Waals surface area contributed by atoms with Crippen molar-refractivity contribution < 1.29 is 4.79 Å². The Morgan fingerprint density at radius 1 is 1.00 bits per heavy atom. The van der Waals surface area contributed by atoms with E-state index in [4.69, 9.17) is 10.5 Å². The molecular formula is C9H2N4O. The van der Waals surface area contributed by atoms with Crippen molar-refractivity contribution in [1.29, 1.82) is 10.5 Å². The molecule has 0 radical (unpaired) electrons. The van der Waals surface area contributed by atoms with Crippen LogP contribution in [0.5, 0.6) is 0 Å². The molecule has 0 spiro atoms. The summed E-state index contributed by atoms with van der Waals surface area (Å²) in [6.45, 7) is 0. The molecule has 0 saturated carbocycles. The lowest BCUT2D eigenvalue weighted by Gasteiger charge is -1.89. The lowest BCUT2D eigenvalue weighted by molar-refractivity contribution is 0.256. The third-order valence-corrected chi connectivity index (χ3v) is 1.79. The summed E-state index contributed by atoms with van der Waals surface area (Å²) >= 11 is 0. The lowest BCUT2D eigenvalue weighted by Crippen LogP contribution is -2.22. The molecule has 14 heavy (non-hydrogen) atoms. The van der Waals surface area contributed by atoms with Crippen LogP contribution in [0, 0.1) is 22.7 Å². The zero-order valence-electron chi connectivity index (χ0n) is 6.85. The molecule has 1 aliphatic rings. The Kier molecular flexibility index (Phi) is 1.59. The Hall–Kier alpha value is -2.53. The largest absolute Gasteiger partial charge is 0.368 e. The predicted molar refractivity (Wildman–Crippen MR) is 43.6 cm³/mol. The summed E-state index contributed by atoms with van der Waals surface area (Å²) in [5.74, 6) is 0. The van der Waals surface area contributed by atoms with Gasteiger partial charge in [0.15, 0.2) is 0 Å². The van der Waals surface area contributed by atoms with Gasteiger partial charge in [-0.2, -0.15) is 20.5 Å². The van der Waals surface area contributed by atoms with Crippen LogP contribution >= 0.6 is 0 Å². The van der Waals surface area contributed by atoms with E-state index in [1.807, 2.05) is 12.1 Å². The Labute approximate surface area is 78.3 Å². The number of carbonyl (C=O) groups excluding carboxylic acids is 1. The van der Waals surface area contributed by atoms with Crippen molar-refractivity contribution in [3.05, 3.63) is 34.0 Å². The average molecular weight is 182 g/mol. The summed E-state index contributed by atoms with van der Waals surface area (Å²) in [6, 6.07) is 5.90. The number of nitriles is 2. The molecule has 0 unspecified atom stereocenters. The first-order chi connectivity index (χ1) is 6.74. The Morgan fingerprint density at radius 3 is 1.79 bits per heavy atom. The van der Waals surface area contributed by atoms with Crippen LogP contribution in [-0.4, -0.2) is 6.03 Å². The highest BCUT2D eigenvalue weighted by molar-refractivity contribution is 5.77. The standard InChI is InChI=1S/C9H2N4O/c10-3-5-1-7-8(2-6(5)4-11)13-9(14)12-7/h1-2H. The lowest BCUT2D eigenvalue weighted by atomic mass is 10.1. The zero-order chi connectivity index (χ0) is 10.1. The van der Waals surface area contributed by atoms with E-state index in [1.165, 1.54) is 12.1 Å². The molecule has 0 fully saturated rings. The number of fused-ring (bicyclic) bond motifs is 1. The molecule has 2 rings (SSSR count). The first-order valence-corrected chi connectivity index (χ1v) is 3.70. The molecule has 0 bridgehead atoms. The van der Waals surface area contributed by atoms with Gasteiger partial charge in [-0.05, 0) is 12.1 Å². The van der Waals surface area contributed by atoms with Crippen LogP contribution in [0.15, 0.2) is 22.1 Å². The van der Waals surface area contributed by atoms with E-state index in [2.05, 4.69) is 9.98 Å². The Bertz CT molecular complexity index is 575. The summed E-state index contributed by atoms with van der Waals surface area (Å²) in [4.78, 5) is 17.9. The Balaban J connectivity index is 2.89. The summed E-state index contributed by atoms with van der Waals surface area (Å²) in [6.07, 6.45) is 0. The summed E-state index contributed by atoms with van der Waals surface area (Å²) in [5.41, 5.74) is 0.416.